The van der Waals surface area contributed by atoms with E-state index in [0.717, 1.165) is 12.8 Å². The van der Waals surface area contributed by atoms with Gasteiger partial charge in [0.1, 0.15) is 0 Å². The first-order valence-corrected chi connectivity index (χ1v) is 4.33. The van der Waals surface area contributed by atoms with E-state index in [2.05, 4.69) is 20.4 Å². The van der Waals surface area contributed by atoms with Crippen LogP contribution < -0.4 is 0 Å². The maximum absolute atomic E-state index is 8.98. The van der Waals surface area contributed by atoms with Crippen LogP contribution in [0.25, 0.3) is 0 Å². The first kappa shape index (κ1) is 10.7. The lowest BCUT2D eigenvalue weighted by molar-refractivity contribution is 0.181. The summed E-state index contributed by atoms with van der Waals surface area (Å²) in [5.74, 6) is 1.03. The van der Waals surface area contributed by atoms with Gasteiger partial charge in [-0.25, -0.2) is 0 Å². The van der Waals surface area contributed by atoms with Gasteiger partial charge in [-0.2, -0.15) is 0 Å². The maximum atomic E-state index is 8.98. The molecule has 0 aromatic carbocycles. The molecule has 0 bridgehead atoms. The van der Waals surface area contributed by atoms with Crippen LogP contribution >= 0.6 is 0 Å². The molecule has 0 amide bonds. The number of allylic oxidation sites excluding steroid dienone is 1. The SMILES string of the molecule is C=C(C)CC[C@H](CO)C(C)C. The highest BCUT2D eigenvalue weighted by atomic mass is 16.3. The zero-order valence-corrected chi connectivity index (χ0v) is 7.93. The van der Waals surface area contributed by atoms with Crippen LogP contribution in [0.1, 0.15) is 33.6 Å². The second kappa shape index (κ2) is 5.36. The summed E-state index contributed by atoms with van der Waals surface area (Å²) in [5, 5.41) is 8.98. The van der Waals surface area contributed by atoms with Gasteiger partial charge in [0, 0.05) is 6.61 Å². The van der Waals surface area contributed by atoms with Crippen LogP contribution in [0.2, 0.25) is 0 Å². The normalized spacial score (nSPS) is 13.5. The Labute approximate surface area is 70.1 Å². The van der Waals surface area contributed by atoms with Crippen LogP contribution in [-0.2, 0) is 0 Å². The van der Waals surface area contributed by atoms with Gasteiger partial charge in [-0.3, -0.25) is 0 Å². The Morgan fingerprint density at radius 2 is 2.00 bits per heavy atom. The average molecular weight is 156 g/mol. The van der Waals surface area contributed by atoms with Crippen LogP contribution in [0.15, 0.2) is 12.2 Å². The van der Waals surface area contributed by atoms with Crippen molar-refractivity contribution in [1.82, 2.24) is 0 Å². The highest BCUT2D eigenvalue weighted by Gasteiger charge is 2.10. The third-order valence-corrected chi connectivity index (χ3v) is 2.12. The van der Waals surface area contributed by atoms with Crippen molar-refractivity contribution in [1.29, 1.82) is 0 Å². The molecular formula is C10H20O. The molecule has 0 unspecified atom stereocenters. The van der Waals surface area contributed by atoms with Crippen molar-refractivity contribution in [2.24, 2.45) is 11.8 Å². The van der Waals surface area contributed by atoms with Crippen molar-refractivity contribution in [2.75, 3.05) is 6.61 Å². The molecule has 0 rings (SSSR count). The van der Waals surface area contributed by atoms with Crippen molar-refractivity contribution >= 4 is 0 Å². The zero-order chi connectivity index (χ0) is 8.85. The average Bonchev–Trinajstić information content (AvgIpc) is 1.87. The molecule has 0 radical (unpaired) electrons. The van der Waals surface area contributed by atoms with Crippen molar-refractivity contribution in [3.05, 3.63) is 12.2 Å². The molecule has 0 aliphatic rings. The predicted octanol–water partition coefficient (Wildman–Crippen LogP) is 2.61. The first-order chi connectivity index (χ1) is 5.07. The quantitative estimate of drug-likeness (QED) is 0.607. The topological polar surface area (TPSA) is 20.2 Å². The molecule has 0 heterocycles. The second-order valence-corrected chi connectivity index (χ2v) is 3.68. The van der Waals surface area contributed by atoms with Crippen LogP contribution in [-0.4, -0.2) is 11.7 Å². The summed E-state index contributed by atoms with van der Waals surface area (Å²) in [7, 11) is 0. The van der Waals surface area contributed by atoms with Gasteiger partial charge in [0.25, 0.3) is 0 Å². The maximum Gasteiger partial charge on any atom is 0.0461 e. The Balaban J connectivity index is 3.61. The third kappa shape index (κ3) is 5.02. The zero-order valence-electron chi connectivity index (χ0n) is 7.93. The second-order valence-electron chi connectivity index (χ2n) is 3.68. The number of hydrogen-bond donors (Lipinski definition) is 1. The van der Waals surface area contributed by atoms with E-state index < -0.39 is 0 Å². The van der Waals surface area contributed by atoms with Crippen molar-refractivity contribution in [3.8, 4) is 0 Å². The van der Waals surface area contributed by atoms with Gasteiger partial charge in [0.05, 0.1) is 0 Å². The summed E-state index contributed by atoms with van der Waals surface area (Å²) in [6.07, 6.45) is 2.12. The third-order valence-electron chi connectivity index (χ3n) is 2.12. The lowest BCUT2D eigenvalue weighted by Gasteiger charge is -2.17. The van der Waals surface area contributed by atoms with Crippen LogP contribution in [0, 0.1) is 11.8 Å². The summed E-state index contributed by atoms with van der Waals surface area (Å²) < 4.78 is 0. The minimum Gasteiger partial charge on any atom is -0.396 e. The lowest BCUT2D eigenvalue weighted by atomic mass is 9.91. The van der Waals surface area contributed by atoms with Crippen LogP contribution in [0.5, 0.6) is 0 Å². The van der Waals surface area contributed by atoms with Gasteiger partial charge in [-0.05, 0) is 31.6 Å². The number of aliphatic hydroxyl groups is 1. The predicted molar refractivity (Wildman–Crippen MR) is 49.5 cm³/mol. The largest absolute Gasteiger partial charge is 0.396 e. The molecule has 0 saturated heterocycles. The van der Waals surface area contributed by atoms with Gasteiger partial charge in [0.15, 0.2) is 0 Å². The van der Waals surface area contributed by atoms with Crippen molar-refractivity contribution in [3.63, 3.8) is 0 Å². The highest BCUT2D eigenvalue weighted by Crippen LogP contribution is 2.18. The van der Waals surface area contributed by atoms with E-state index in [4.69, 9.17) is 5.11 Å². The van der Waals surface area contributed by atoms with Gasteiger partial charge in [0.2, 0.25) is 0 Å². The van der Waals surface area contributed by atoms with E-state index in [1.807, 2.05) is 6.92 Å². The molecular weight excluding hydrogens is 136 g/mol. The highest BCUT2D eigenvalue weighted by molar-refractivity contribution is 4.88. The first-order valence-electron chi connectivity index (χ1n) is 4.33. The molecule has 1 atom stereocenters. The Kier molecular flexibility index (Phi) is 5.22. The van der Waals surface area contributed by atoms with Crippen molar-refractivity contribution in [2.45, 2.75) is 33.6 Å². The minimum absolute atomic E-state index is 0.310. The van der Waals surface area contributed by atoms with E-state index in [9.17, 15) is 0 Å². The van der Waals surface area contributed by atoms with E-state index in [1.54, 1.807) is 0 Å². The van der Waals surface area contributed by atoms with E-state index >= 15 is 0 Å². The van der Waals surface area contributed by atoms with Gasteiger partial charge in [-0.1, -0.05) is 19.4 Å². The number of hydrogen-bond acceptors (Lipinski definition) is 1. The molecule has 1 nitrogen and oxygen atoms in total. The van der Waals surface area contributed by atoms with Crippen LogP contribution in [0.3, 0.4) is 0 Å². The summed E-state index contributed by atoms with van der Waals surface area (Å²) in [6, 6.07) is 0. The number of aliphatic hydroxyl groups excluding tert-OH is 1. The van der Waals surface area contributed by atoms with E-state index in [1.165, 1.54) is 5.57 Å². The minimum atomic E-state index is 0.310. The van der Waals surface area contributed by atoms with Crippen LogP contribution in [0.4, 0.5) is 0 Å². The molecule has 0 aliphatic heterocycles. The lowest BCUT2D eigenvalue weighted by Crippen LogP contribution is -2.13. The smallest absolute Gasteiger partial charge is 0.0461 e. The molecule has 0 aromatic rings. The van der Waals surface area contributed by atoms with Gasteiger partial charge < -0.3 is 5.11 Å². The molecule has 0 fully saturated rings. The standard InChI is InChI=1S/C10H20O/c1-8(2)5-6-10(7-11)9(3)4/h9-11H,1,5-7H2,2-4H3/t10-/m1/s1. The Morgan fingerprint density at radius 1 is 1.45 bits per heavy atom. The monoisotopic (exact) mass is 156 g/mol. The van der Waals surface area contributed by atoms with E-state index in [-0.39, 0.29) is 0 Å². The summed E-state index contributed by atoms with van der Waals surface area (Å²) in [5.41, 5.74) is 1.21. The van der Waals surface area contributed by atoms with Gasteiger partial charge >= 0.3 is 0 Å². The summed E-state index contributed by atoms with van der Waals surface area (Å²) in [6.45, 7) is 10.5. The Bertz CT molecular complexity index is 116. The molecule has 11 heavy (non-hydrogen) atoms. The summed E-state index contributed by atoms with van der Waals surface area (Å²) in [4.78, 5) is 0. The van der Waals surface area contributed by atoms with E-state index in [0.29, 0.717) is 18.4 Å². The molecule has 0 saturated carbocycles. The fourth-order valence-electron chi connectivity index (χ4n) is 1.07. The fraction of sp³-hybridized carbons (Fsp3) is 0.800. The molecule has 0 spiro atoms. The molecule has 1 heteroatoms. The summed E-state index contributed by atoms with van der Waals surface area (Å²) >= 11 is 0. The van der Waals surface area contributed by atoms with Crippen molar-refractivity contribution < 1.29 is 5.11 Å². The Morgan fingerprint density at radius 3 is 2.27 bits per heavy atom. The Hall–Kier alpha value is -0.300. The number of rotatable bonds is 5. The van der Waals surface area contributed by atoms with Gasteiger partial charge in [-0.15, -0.1) is 6.58 Å². The molecule has 0 aliphatic carbocycles. The molecule has 66 valence electrons. The fourth-order valence-corrected chi connectivity index (χ4v) is 1.07. The molecule has 0 aromatic heterocycles. The molecule has 1 N–H and O–H groups in total.